The summed E-state index contributed by atoms with van der Waals surface area (Å²) in [6.07, 6.45) is 2.99. The molecular formula is C13H15BrN2OS. The number of nitrogens with zero attached hydrogens (tertiary/aromatic N) is 1. The van der Waals surface area contributed by atoms with Crippen LogP contribution in [0, 0.1) is 0 Å². The largest absolute Gasteiger partial charge is 0.497 e. The van der Waals surface area contributed by atoms with Crippen molar-refractivity contribution in [3.05, 3.63) is 28.9 Å². The number of hydrogen-bond acceptors (Lipinski definition) is 4. The highest BCUT2D eigenvalue weighted by molar-refractivity contribution is 9.10. The van der Waals surface area contributed by atoms with Crippen molar-refractivity contribution in [2.75, 3.05) is 19.0 Å². The lowest BCUT2D eigenvalue weighted by Gasteiger charge is -2.04. The summed E-state index contributed by atoms with van der Waals surface area (Å²) in [5, 5.41) is 4.25. The molecule has 0 bridgehead atoms. The molecule has 0 spiro atoms. The van der Waals surface area contributed by atoms with Gasteiger partial charge in [0.05, 0.1) is 12.0 Å². The molecule has 0 amide bonds. The second kappa shape index (κ2) is 6.20. The van der Waals surface area contributed by atoms with E-state index in [1.165, 1.54) is 0 Å². The number of rotatable bonds is 5. The quantitative estimate of drug-likeness (QED) is 0.884. The molecule has 5 heteroatoms. The van der Waals surface area contributed by atoms with Gasteiger partial charge in [-0.3, -0.25) is 0 Å². The molecule has 1 aromatic heterocycles. The topological polar surface area (TPSA) is 34.2 Å². The van der Waals surface area contributed by atoms with Crippen LogP contribution in [0.2, 0.25) is 0 Å². The van der Waals surface area contributed by atoms with Crippen molar-refractivity contribution in [2.45, 2.75) is 13.3 Å². The lowest BCUT2D eigenvalue weighted by atomic mass is 10.2. The highest BCUT2D eigenvalue weighted by atomic mass is 79.9. The summed E-state index contributed by atoms with van der Waals surface area (Å²) in [5.74, 6) is 0.852. The zero-order chi connectivity index (χ0) is 13.0. The van der Waals surface area contributed by atoms with Gasteiger partial charge in [0.25, 0.3) is 0 Å². The summed E-state index contributed by atoms with van der Waals surface area (Å²) in [4.78, 5) is 5.50. The minimum Gasteiger partial charge on any atom is -0.497 e. The predicted molar refractivity (Wildman–Crippen MR) is 80.6 cm³/mol. The van der Waals surface area contributed by atoms with Crippen molar-refractivity contribution >= 4 is 32.4 Å². The first-order chi connectivity index (χ1) is 8.74. The Kier molecular flexibility index (Phi) is 4.60. The van der Waals surface area contributed by atoms with Crippen molar-refractivity contribution in [1.29, 1.82) is 0 Å². The van der Waals surface area contributed by atoms with Gasteiger partial charge in [-0.15, -0.1) is 0 Å². The van der Waals surface area contributed by atoms with E-state index in [4.69, 9.17) is 4.74 Å². The van der Waals surface area contributed by atoms with Gasteiger partial charge in [0, 0.05) is 22.8 Å². The maximum Gasteiger partial charge on any atom is 0.183 e. The average Bonchev–Trinajstić information content (AvgIpc) is 2.85. The molecule has 96 valence electrons. The third-order valence-electron chi connectivity index (χ3n) is 2.47. The fraction of sp³-hybridized carbons (Fsp3) is 0.308. The van der Waals surface area contributed by atoms with Crippen molar-refractivity contribution in [3.8, 4) is 16.2 Å². The fourth-order valence-corrected chi connectivity index (χ4v) is 3.00. The first-order valence-electron chi connectivity index (χ1n) is 5.78. The zero-order valence-corrected chi connectivity index (χ0v) is 12.8. The number of benzene rings is 1. The summed E-state index contributed by atoms with van der Waals surface area (Å²) >= 11 is 5.21. The number of halogens is 1. The molecule has 0 aliphatic heterocycles. The predicted octanol–water partition coefficient (Wildman–Crippen LogP) is 4.40. The number of thiazole rings is 1. The number of anilines is 1. The molecule has 0 saturated carbocycles. The minimum absolute atomic E-state index is 0.852. The molecule has 2 aromatic rings. The number of methoxy groups -OCH3 is 1. The van der Waals surface area contributed by atoms with Crippen LogP contribution < -0.4 is 10.1 Å². The number of hydrogen-bond donors (Lipinski definition) is 1. The van der Waals surface area contributed by atoms with Gasteiger partial charge in [-0.2, -0.15) is 0 Å². The molecule has 0 aliphatic rings. The maximum absolute atomic E-state index is 5.25. The zero-order valence-electron chi connectivity index (χ0n) is 10.4. The van der Waals surface area contributed by atoms with Gasteiger partial charge in [0.2, 0.25) is 0 Å². The Balaban J connectivity index is 2.27. The van der Waals surface area contributed by atoms with Crippen molar-refractivity contribution in [2.24, 2.45) is 0 Å². The van der Waals surface area contributed by atoms with E-state index in [9.17, 15) is 0 Å². The number of aromatic nitrogens is 1. The van der Waals surface area contributed by atoms with E-state index in [1.807, 2.05) is 24.4 Å². The molecule has 0 unspecified atom stereocenters. The van der Waals surface area contributed by atoms with E-state index >= 15 is 0 Å². The Morgan fingerprint density at radius 3 is 3.00 bits per heavy atom. The molecular weight excluding hydrogens is 312 g/mol. The highest BCUT2D eigenvalue weighted by Crippen LogP contribution is 2.36. The van der Waals surface area contributed by atoms with E-state index < -0.39 is 0 Å². The Bertz CT molecular complexity index is 527. The van der Waals surface area contributed by atoms with Crippen LogP contribution in [-0.4, -0.2) is 18.6 Å². The third kappa shape index (κ3) is 3.03. The smallest absolute Gasteiger partial charge is 0.183 e. The highest BCUT2D eigenvalue weighted by Gasteiger charge is 2.09. The molecule has 18 heavy (non-hydrogen) atoms. The SMILES string of the molecule is CCCNc1ncc(-c2cc(OC)ccc2Br)s1. The standard InChI is InChI=1S/C13H15BrN2OS/c1-3-6-15-13-16-8-12(18-13)10-7-9(17-2)4-5-11(10)14/h4-5,7-8H,3,6H2,1-2H3,(H,15,16). The van der Waals surface area contributed by atoms with Crippen LogP contribution in [0.4, 0.5) is 5.13 Å². The first-order valence-corrected chi connectivity index (χ1v) is 7.39. The molecule has 3 nitrogen and oxygen atoms in total. The summed E-state index contributed by atoms with van der Waals surface area (Å²) in [7, 11) is 1.67. The Morgan fingerprint density at radius 1 is 1.44 bits per heavy atom. The molecule has 1 aromatic carbocycles. The van der Waals surface area contributed by atoms with Crippen LogP contribution in [0.25, 0.3) is 10.4 Å². The van der Waals surface area contributed by atoms with Gasteiger partial charge >= 0.3 is 0 Å². The van der Waals surface area contributed by atoms with Crippen molar-refractivity contribution < 1.29 is 4.74 Å². The summed E-state index contributed by atoms with van der Waals surface area (Å²) < 4.78 is 6.30. The van der Waals surface area contributed by atoms with Gasteiger partial charge in [-0.05, 0) is 24.6 Å². The minimum atomic E-state index is 0.852. The molecule has 1 heterocycles. The van der Waals surface area contributed by atoms with E-state index in [1.54, 1.807) is 18.4 Å². The lowest BCUT2D eigenvalue weighted by Crippen LogP contribution is -1.97. The Labute approximate surface area is 119 Å². The third-order valence-corrected chi connectivity index (χ3v) is 4.15. The monoisotopic (exact) mass is 326 g/mol. The van der Waals surface area contributed by atoms with Gasteiger partial charge in [-0.25, -0.2) is 4.98 Å². The number of nitrogens with one attached hydrogen (secondary N) is 1. The van der Waals surface area contributed by atoms with E-state index in [2.05, 4.69) is 33.2 Å². The fourth-order valence-electron chi connectivity index (χ4n) is 1.53. The Hall–Kier alpha value is -1.07. The van der Waals surface area contributed by atoms with Crippen molar-refractivity contribution in [3.63, 3.8) is 0 Å². The van der Waals surface area contributed by atoms with Gasteiger partial charge < -0.3 is 10.1 Å². The molecule has 0 aliphatic carbocycles. The van der Waals surface area contributed by atoms with Crippen LogP contribution in [0.15, 0.2) is 28.9 Å². The van der Waals surface area contributed by atoms with Gasteiger partial charge in [-0.1, -0.05) is 34.2 Å². The van der Waals surface area contributed by atoms with E-state index in [0.29, 0.717) is 0 Å². The van der Waals surface area contributed by atoms with Crippen molar-refractivity contribution in [1.82, 2.24) is 4.98 Å². The van der Waals surface area contributed by atoms with Gasteiger partial charge in [0.1, 0.15) is 5.75 Å². The van der Waals surface area contributed by atoms with Gasteiger partial charge in [0.15, 0.2) is 5.13 Å². The van der Waals surface area contributed by atoms with E-state index in [-0.39, 0.29) is 0 Å². The van der Waals surface area contributed by atoms with Crippen LogP contribution in [-0.2, 0) is 0 Å². The molecule has 1 N–H and O–H groups in total. The summed E-state index contributed by atoms with van der Waals surface area (Å²) in [6.45, 7) is 3.09. The second-order valence-electron chi connectivity index (χ2n) is 3.80. The number of ether oxygens (including phenoxy) is 1. The molecule has 2 rings (SSSR count). The summed E-state index contributed by atoms with van der Waals surface area (Å²) in [5.41, 5.74) is 1.11. The average molecular weight is 327 g/mol. The van der Waals surface area contributed by atoms with Crippen LogP contribution in [0.3, 0.4) is 0 Å². The molecule has 0 atom stereocenters. The molecule has 0 fully saturated rings. The normalized spacial score (nSPS) is 10.4. The lowest BCUT2D eigenvalue weighted by molar-refractivity contribution is 0.415. The van der Waals surface area contributed by atoms with Crippen LogP contribution in [0.5, 0.6) is 5.75 Å². The second-order valence-corrected chi connectivity index (χ2v) is 5.69. The molecule has 0 saturated heterocycles. The summed E-state index contributed by atoms with van der Waals surface area (Å²) in [6, 6.07) is 5.94. The van der Waals surface area contributed by atoms with E-state index in [0.717, 1.165) is 38.8 Å². The Morgan fingerprint density at radius 2 is 2.28 bits per heavy atom. The first kappa shape index (κ1) is 13.4. The van der Waals surface area contributed by atoms with Crippen LogP contribution in [0.1, 0.15) is 13.3 Å². The maximum atomic E-state index is 5.25. The van der Waals surface area contributed by atoms with Crippen LogP contribution >= 0.6 is 27.3 Å². The molecule has 0 radical (unpaired) electrons.